The molecule has 0 aromatic rings. The molecule has 0 aromatic carbocycles. The zero-order valence-electron chi connectivity index (χ0n) is 9.30. The zero-order chi connectivity index (χ0) is 9.84. The molecule has 1 radical (unpaired) electrons. The third-order valence-corrected chi connectivity index (χ3v) is 3.16. The first-order valence-corrected chi connectivity index (χ1v) is 5.45. The van der Waals surface area contributed by atoms with Crippen molar-refractivity contribution in [2.45, 2.75) is 40.5 Å². The molecule has 0 fully saturated rings. The minimum Gasteiger partial charge on any atom is -0.100 e. The largest absolute Gasteiger partial charge is 0.180 e. The summed E-state index contributed by atoms with van der Waals surface area (Å²) in [5, 5.41) is 0. The summed E-state index contributed by atoms with van der Waals surface area (Å²) in [6.45, 7) is 9.10. The fourth-order valence-corrected chi connectivity index (χ4v) is 1.57. The Balaban J connectivity index is 2.48. The monoisotopic (exact) mass is 175 g/mol. The summed E-state index contributed by atoms with van der Waals surface area (Å²) in [5.74, 6) is 1.44. The lowest BCUT2D eigenvalue weighted by Gasteiger charge is -2.13. The molecule has 13 heavy (non-hydrogen) atoms. The molecule has 0 bridgehead atoms. The molecule has 1 rings (SSSR count). The molecule has 1 aliphatic rings. The van der Waals surface area contributed by atoms with E-state index in [2.05, 4.69) is 47.1 Å². The molecule has 0 nitrogen and oxygen atoms in total. The predicted octanol–water partition coefficient (Wildman–Crippen LogP) is 3.56. The first kappa shape index (κ1) is 10.6. The van der Waals surface area contributed by atoms with E-state index in [1.54, 1.807) is 0 Å². The van der Waals surface area contributed by atoms with Gasteiger partial charge >= 0.3 is 0 Å². The van der Waals surface area contributed by atoms with Gasteiger partial charge in [-0.15, -0.1) is 10.9 Å². The summed E-state index contributed by atoms with van der Waals surface area (Å²) in [6, 6.07) is 0. The quantitative estimate of drug-likeness (QED) is 0.573. The van der Waals surface area contributed by atoms with Gasteiger partial charge in [0.25, 0.3) is 0 Å². The van der Waals surface area contributed by atoms with Crippen LogP contribution in [0.1, 0.15) is 40.5 Å². The highest BCUT2D eigenvalue weighted by Gasteiger charge is 2.17. The lowest BCUT2D eigenvalue weighted by Crippen LogP contribution is -2.09. The molecular weight excluding hydrogens is 155 g/mol. The molecule has 2 unspecified atom stereocenters. The van der Waals surface area contributed by atoms with Crippen LogP contribution in [0.4, 0.5) is 0 Å². The molecule has 0 N–H and O–H groups in total. The third kappa shape index (κ3) is 2.49. The lowest BCUT2D eigenvalue weighted by molar-refractivity contribution is 0.675. The second kappa shape index (κ2) is 4.69. The molecule has 0 saturated carbocycles. The number of rotatable bonds is 4. The molecule has 1 heterocycles. The maximum absolute atomic E-state index is 2.38. The van der Waals surface area contributed by atoms with Gasteiger partial charge in [0.1, 0.15) is 0 Å². The number of allylic oxidation sites excluding steroid dienone is 4. The van der Waals surface area contributed by atoms with Crippen LogP contribution in [-0.4, -0.2) is 7.28 Å². The average molecular weight is 175 g/mol. The second-order valence-electron chi connectivity index (χ2n) is 4.10. The van der Waals surface area contributed by atoms with E-state index >= 15 is 0 Å². The van der Waals surface area contributed by atoms with Gasteiger partial charge in [0.05, 0.1) is 0 Å². The second-order valence-corrected chi connectivity index (χ2v) is 4.10. The van der Waals surface area contributed by atoms with E-state index in [0.29, 0.717) is 0 Å². The molecule has 2 atom stereocenters. The van der Waals surface area contributed by atoms with Gasteiger partial charge in [-0.2, -0.15) is 0 Å². The molecule has 0 spiro atoms. The summed E-state index contributed by atoms with van der Waals surface area (Å²) in [6.07, 6.45) is 7.05. The van der Waals surface area contributed by atoms with Gasteiger partial charge in [0, 0.05) is 0 Å². The summed E-state index contributed by atoms with van der Waals surface area (Å²) in [4.78, 5) is 0. The van der Waals surface area contributed by atoms with Crippen molar-refractivity contribution in [2.75, 3.05) is 0 Å². The molecule has 1 heteroatoms. The minimum absolute atomic E-state index is 0.720. The van der Waals surface area contributed by atoms with Crippen molar-refractivity contribution in [2.24, 2.45) is 11.8 Å². The van der Waals surface area contributed by atoms with Crippen molar-refractivity contribution in [1.82, 2.24) is 0 Å². The van der Waals surface area contributed by atoms with E-state index in [0.717, 1.165) is 11.8 Å². The van der Waals surface area contributed by atoms with Gasteiger partial charge in [-0.05, 0) is 11.8 Å². The third-order valence-electron chi connectivity index (χ3n) is 3.16. The van der Waals surface area contributed by atoms with Gasteiger partial charge < -0.3 is 0 Å². The Kier molecular flexibility index (Phi) is 3.83. The molecule has 71 valence electrons. The average Bonchev–Trinajstić information content (AvgIpc) is 2.64. The van der Waals surface area contributed by atoms with Crippen LogP contribution in [0.2, 0.25) is 0 Å². The van der Waals surface area contributed by atoms with Crippen LogP contribution in [0.5, 0.6) is 0 Å². The van der Waals surface area contributed by atoms with E-state index < -0.39 is 0 Å². The summed E-state index contributed by atoms with van der Waals surface area (Å²) < 4.78 is 0. The normalized spacial score (nSPS) is 20.3. The number of hydrogen-bond acceptors (Lipinski definition) is 0. The highest BCUT2D eigenvalue weighted by molar-refractivity contribution is 6.55. The number of hydrogen-bond donors (Lipinski definition) is 0. The van der Waals surface area contributed by atoms with E-state index in [1.807, 2.05) is 0 Å². The van der Waals surface area contributed by atoms with Crippen molar-refractivity contribution in [1.29, 1.82) is 0 Å². The smallest absolute Gasteiger partial charge is 0.100 e. The van der Waals surface area contributed by atoms with E-state index in [9.17, 15) is 0 Å². The first-order valence-electron chi connectivity index (χ1n) is 5.45. The van der Waals surface area contributed by atoms with Gasteiger partial charge in [0.2, 0.25) is 0 Å². The Hall–Kier alpha value is -0.455. The topological polar surface area (TPSA) is 0 Å². The van der Waals surface area contributed by atoms with Crippen LogP contribution in [0.15, 0.2) is 23.1 Å². The Morgan fingerprint density at radius 3 is 1.69 bits per heavy atom. The molecule has 1 aliphatic heterocycles. The van der Waals surface area contributed by atoms with Crippen LogP contribution in [0.25, 0.3) is 0 Å². The SMILES string of the molecule is CCC(C)C1=CC=C(C(C)CC)[B]1. The molecule has 0 saturated heterocycles. The predicted molar refractivity (Wildman–Crippen MR) is 60.8 cm³/mol. The van der Waals surface area contributed by atoms with Crippen LogP contribution in [0, 0.1) is 11.8 Å². The maximum atomic E-state index is 2.38. The highest BCUT2D eigenvalue weighted by atomic mass is 14.1. The van der Waals surface area contributed by atoms with Crippen LogP contribution >= 0.6 is 0 Å². The Morgan fingerprint density at radius 2 is 1.38 bits per heavy atom. The molecule has 0 aliphatic carbocycles. The van der Waals surface area contributed by atoms with Gasteiger partial charge in [-0.3, -0.25) is 0 Å². The van der Waals surface area contributed by atoms with Crippen molar-refractivity contribution < 1.29 is 0 Å². The Labute approximate surface area is 83.4 Å². The maximum Gasteiger partial charge on any atom is 0.180 e. The van der Waals surface area contributed by atoms with Gasteiger partial charge in [-0.1, -0.05) is 52.7 Å². The molecular formula is C12H20B. The van der Waals surface area contributed by atoms with Crippen LogP contribution in [0.3, 0.4) is 0 Å². The first-order chi connectivity index (χ1) is 6.19. The van der Waals surface area contributed by atoms with Crippen LogP contribution < -0.4 is 0 Å². The summed E-state index contributed by atoms with van der Waals surface area (Å²) in [5.41, 5.74) is 3.02. The van der Waals surface area contributed by atoms with Gasteiger partial charge in [-0.25, -0.2) is 0 Å². The van der Waals surface area contributed by atoms with E-state index in [4.69, 9.17) is 0 Å². The fraction of sp³-hybridized carbons (Fsp3) is 0.667. The standard InChI is InChI=1S/C12H20B/c1-5-9(3)11-7-8-12(13-11)10(4)6-2/h7-10H,5-6H2,1-4H3. The molecule has 0 amide bonds. The minimum atomic E-state index is 0.720. The van der Waals surface area contributed by atoms with Crippen molar-refractivity contribution >= 4 is 7.28 Å². The Morgan fingerprint density at radius 1 is 1.00 bits per heavy atom. The summed E-state index contributed by atoms with van der Waals surface area (Å²) in [7, 11) is 2.38. The Bertz CT molecular complexity index is 201. The zero-order valence-corrected chi connectivity index (χ0v) is 9.30. The van der Waals surface area contributed by atoms with Gasteiger partial charge in [0.15, 0.2) is 7.28 Å². The van der Waals surface area contributed by atoms with E-state index in [-0.39, 0.29) is 0 Å². The molecule has 0 aromatic heterocycles. The van der Waals surface area contributed by atoms with E-state index in [1.165, 1.54) is 23.8 Å². The van der Waals surface area contributed by atoms with Crippen molar-refractivity contribution in [3.05, 3.63) is 23.1 Å². The lowest BCUT2D eigenvalue weighted by atomic mass is 9.58. The fourth-order valence-electron chi connectivity index (χ4n) is 1.57. The summed E-state index contributed by atoms with van der Waals surface area (Å²) >= 11 is 0. The van der Waals surface area contributed by atoms with Crippen molar-refractivity contribution in [3.8, 4) is 0 Å². The van der Waals surface area contributed by atoms with Crippen molar-refractivity contribution in [3.63, 3.8) is 0 Å². The highest BCUT2D eigenvalue weighted by Crippen LogP contribution is 2.25. The van der Waals surface area contributed by atoms with Crippen LogP contribution in [-0.2, 0) is 0 Å².